The topological polar surface area (TPSA) is 30.0 Å². The molecule has 94 valence electrons. The van der Waals surface area contributed by atoms with Gasteiger partial charge in [-0.1, -0.05) is 41.5 Å². The summed E-state index contributed by atoms with van der Waals surface area (Å²) in [7, 11) is 0. The van der Waals surface area contributed by atoms with Crippen LogP contribution in [0.25, 0.3) is 0 Å². The number of nitrogens with zero attached hydrogens (tertiary/aromatic N) is 1. The second-order valence-electron chi connectivity index (χ2n) is 6.81. The molecule has 0 saturated heterocycles. The molecular weight excluding hydrogens is 210 g/mol. The molecular formula is C15H23NO. The lowest BCUT2D eigenvalue weighted by atomic mass is 9.82. The molecule has 1 rings (SSSR count). The number of Topliss-reactive ketones (excluding diaryl/α,β-unsaturated/α-hetero) is 1. The predicted molar refractivity (Wildman–Crippen MR) is 71.2 cm³/mol. The summed E-state index contributed by atoms with van der Waals surface area (Å²) in [5, 5.41) is 0. The van der Waals surface area contributed by atoms with Gasteiger partial charge in [0.2, 0.25) is 0 Å². The van der Waals surface area contributed by atoms with Gasteiger partial charge >= 0.3 is 0 Å². The summed E-state index contributed by atoms with van der Waals surface area (Å²) in [6.45, 7) is 12.3. The summed E-state index contributed by atoms with van der Waals surface area (Å²) in [5.41, 5.74) is 1.48. The zero-order chi connectivity index (χ0) is 13.3. The molecule has 0 spiro atoms. The third-order valence-corrected chi connectivity index (χ3v) is 2.51. The number of pyridine rings is 1. The van der Waals surface area contributed by atoms with Gasteiger partial charge in [-0.05, 0) is 24.0 Å². The number of ketones is 1. The average Bonchev–Trinajstić information content (AvgIpc) is 2.13. The number of aromatic nitrogens is 1. The van der Waals surface area contributed by atoms with Crippen molar-refractivity contribution in [3.8, 4) is 0 Å². The van der Waals surface area contributed by atoms with Gasteiger partial charge in [0.15, 0.2) is 5.78 Å². The van der Waals surface area contributed by atoms with Crippen LogP contribution in [0, 0.1) is 10.8 Å². The van der Waals surface area contributed by atoms with E-state index in [2.05, 4.69) is 25.8 Å². The van der Waals surface area contributed by atoms with Gasteiger partial charge in [0.1, 0.15) is 0 Å². The highest BCUT2D eigenvalue weighted by atomic mass is 16.1. The molecule has 1 aromatic heterocycles. The fourth-order valence-electron chi connectivity index (χ4n) is 1.69. The standard InChI is InChI=1S/C15H23NO/c1-14(2,3)10-12-11(8-7-9-16-12)13(17)15(4,5)6/h7-9H,10H2,1-6H3. The average molecular weight is 233 g/mol. The largest absolute Gasteiger partial charge is 0.294 e. The molecule has 0 unspecified atom stereocenters. The monoisotopic (exact) mass is 233 g/mol. The summed E-state index contributed by atoms with van der Waals surface area (Å²) in [4.78, 5) is 16.7. The maximum Gasteiger partial charge on any atom is 0.170 e. The number of hydrogen-bond acceptors (Lipinski definition) is 2. The van der Waals surface area contributed by atoms with Crippen molar-refractivity contribution in [3.63, 3.8) is 0 Å². The van der Waals surface area contributed by atoms with Crippen LogP contribution in [-0.2, 0) is 6.42 Å². The van der Waals surface area contributed by atoms with Crippen LogP contribution in [0.2, 0.25) is 0 Å². The van der Waals surface area contributed by atoms with Gasteiger partial charge in [-0.3, -0.25) is 9.78 Å². The van der Waals surface area contributed by atoms with E-state index in [1.165, 1.54) is 0 Å². The SMILES string of the molecule is CC(C)(C)Cc1ncccc1C(=O)C(C)(C)C. The first-order valence-electron chi connectivity index (χ1n) is 6.10. The van der Waals surface area contributed by atoms with Crippen molar-refractivity contribution in [1.82, 2.24) is 4.98 Å². The first-order valence-corrected chi connectivity index (χ1v) is 6.10. The number of rotatable bonds is 2. The van der Waals surface area contributed by atoms with E-state index >= 15 is 0 Å². The molecule has 0 radical (unpaired) electrons. The number of carbonyl (C=O) groups excluding carboxylic acids is 1. The fraction of sp³-hybridized carbons (Fsp3) is 0.600. The van der Waals surface area contributed by atoms with Crippen molar-refractivity contribution in [3.05, 3.63) is 29.6 Å². The highest BCUT2D eigenvalue weighted by molar-refractivity contribution is 6.00. The van der Waals surface area contributed by atoms with Gasteiger partial charge in [-0.15, -0.1) is 0 Å². The van der Waals surface area contributed by atoms with Crippen LogP contribution in [0.5, 0.6) is 0 Å². The van der Waals surface area contributed by atoms with Crippen LogP contribution in [0.1, 0.15) is 57.6 Å². The third-order valence-electron chi connectivity index (χ3n) is 2.51. The zero-order valence-corrected chi connectivity index (χ0v) is 11.8. The van der Waals surface area contributed by atoms with E-state index in [9.17, 15) is 4.79 Å². The Bertz CT molecular complexity index is 408. The minimum atomic E-state index is -0.352. The lowest BCUT2D eigenvalue weighted by Crippen LogP contribution is -2.23. The Morgan fingerprint density at radius 3 is 2.24 bits per heavy atom. The van der Waals surface area contributed by atoms with E-state index in [1.807, 2.05) is 32.9 Å². The fourth-order valence-corrected chi connectivity index (χ4v) is 1.69. The second kappa shape index (κ2) is 4.59. The Hall–Kier alpha value is -1.18. The minimum Gasteiger partial charge on any atom is -0.294 e. The van der Waals surface area contributed by atoms with Gasteiger partial charge in [0.25, 0.3) is 0 Å². The lowest BCUT2D eigenvalue weighted by Gasteiger charge is -2.22. The van der Waals surface area contributed by atoms with E-state index in [-0.39, 0.29) is 16.6 Å². The highest BCUT2D eigenvalue weighted by Crippen LogP contribution is 2.26. The number of carbonyl (C=O) groups is 1. The lowest BCUT2D eigenvalue weighted by molar-refractivity contribution is 0.0856. The maximum absolute atomic E-state index is 12.3. The molecule has 0 aliphatic carbocycles. The second-order valence-corrected chi connectivity index (χ2v) is 6.81. The van der Waals surface area contributed by atoms with Crippen molar-refractivity contribution >= 4 is 5.78 Å². The summed E-state index contributed by atoms with van der Waals surface area (Å²) < 4.78 is 0. The molecule has 1 heterocycles. The molecule has 0 fully saturated rings. The molecule has 0 atom stereocenters. The molecule has 0 amide bonds. The van der Waals surface area contributed by atoms with E-state index in [0.717, 1.165) is 17.7 Å². The third kappa shape index (κ3) is 3.95. The Labute approximate surface area is 104 Å². The van der Waals surface area contributed by atoms with Crippen molar-refractivity contribution < 1.29 is 4.79 Å². The van der Waals surface area contributed by atoms with Gasteiger partial charge in [-0.2, -0.15) is 0 Å². The van der Waals surface area contributed by atoms with Crippen molar-refractivity contribution in [1.29, 1.82) is 0 Å². The van der Waals surface area contributed by atoms with E-state index in [0.29, 0.717) is 0 Å². The number of hydrogen-bond donors (Lipinski definition) is 0. The van der Waals surface area contributed by atoms with E-state index < -0.39 is 0 Å². The summed E-state index contributed by atoms with van der Waals surface area (Å²) in [5.74, 6) is 0.171. The smallest absolute Gasteiger partial charge is 0.170 e. The Morgan fingerprint density at radius 2 is 1.76 bits per heavy atom. The van der Waals surface area contributed by atoms with Crippen molar-refractivity contribution in [2.75, 3.05) is 0 Å². The Kier molecular flexibility index (Phi) is 3.75. The molecule has 0 N–H and O–H groups in total. The van der Waals surface area contributed by atoms with Gasteiger partial charge in [0, 0.05) is 17.2 Å². The van der Waals surface area contributed by atoms with Crippen LogP contribution < -0.4 is 0 Å². The van der Waals surface area contributed by atoms with Gasteiger partial charge in [0.05, 0.1) is 5.69 Å². The Balaban J connectivity index is 3.13. The van der Waals surface area contributed by atoms with Crippen LogP contribution >= 0.6 is 0 Å². The molecule has 0 aliphatic rings. The molecule has 17 heavy (non-hydrogen) atoms. The predicted octanol–water partition coefficient (Wildman–Crippen LogP) is 3.90. The molecule has 0 saturated carbocycles. The van der Waals surface area contributed by atoms with Crippen LogP contribution in [0.3, 0.4) is 0 Å². The first kappa shape index (κ1) is 13.9. The summed E-state index contributed by atoms with van der Waals surface area (Å²) in [6, 6.07) is 3.73. The van der Waals surface area contributed by atoms with Crippen LogP contribution in [-0.4, -0.2) is 10.8 Å². The van der Waals surface area contributed by atoms with Gasteiger partial charge < -0.3 is 0 Å². The molecule has 2 heteroatoms. The van der Waals surface area contributed by atoms with Gasteiger partial charge in [-0.25, -0.2) is 0 Å². The minimum absolute atomic E-state index is 0.140. The Morgan fingerprint density at radius 1 is 1.18 bits per heavy atom. The van der Waals surface area contributed by atoms with E-state index in [1.54, 1.807) is 6.20 Å². The normalized spacial score (nSPS) is 12.6. The first-order chi connectivity index (χ1) is 7.61. The quantitative estimate of drug-likeness (QED) is 0.725. The molecule has 0 aliphatic heterocycles. The zero-order valence-electron chi connectivity index (χ0n) is 11.8. The van der Waals surface area contributed by atoms with Crippen LogP contribution in [0.15, 0.2) is 18.3 Å². The summed E-state index contributed by atoms with van der Waals surface area (Å²) in [6.07, 6.45) is 2.59. The van der Waals surface area contributed by atoms with Crippen molar-refractivity contribution in [2.45, 2.75) is 48.0 Å². The molecule has 2 nitrogen and oxygen atoms in total. The van der Waals surface area contributed by atoms with Crippen LogP contribution in [0.4, 0.5) is 0 Å². The van der Waals surface area contributed by atoms with E-state index in [4.69, 9.17) is 0 Å². The maximum atomic E-state index is 12.3. The molecule has 0 aromatic carbocycles. The van der Waals surface area contributed by atoms with Crippen molar-refractivity contribution in [2.24, 2.45) is 10.8 Å². The molecule has 1 aromatic rings. The molecule has 0 bridgehead atoms. The highest BCUT2D eigenvalue weighted by Gasteiger charge is 2.26. The summed E-state index contributed by atoms with van der Waals surface area (Å²) >= 11 is 0.